The normalized spacial score (nSPS) is 11.3. The fraction of sp³-hybridized carbons (Fsp3) is 0.462. The average Bonchev–Trinajstić information content (AvgIpc) is 2.94. The summed E-state index contributed by atoms with van der Waals surface area (Å²) in [6, 6.07) is 5.82. The molecule has 14 heteroatoms. The van der Waals surface area contributed by atoms with Crippen LogP contribution in [0.2, 0.25) is 10.0 Å². The van der Waals surface area contributed by atoms with Gasteiger partial charge in [0.15, 0.2) is 0 Å². The van der Waals surface area contributed by atoms with Gasteiger partial charge in [-0.2, -0.15) is 0 Å². The van der Waals surface area contributed by atoms with E-state index in [2.05, 4.69) is 15.3 Å². The minimum atomic E-state index is -0.580. The molecule has 2 aromatic carbocycles. The zero-order valence-electron chi connectivity index (χ0n) is 21.8. The summed E-state index contributed by atoms with van der Waals surface area (Å²) < 4.78 is 58.5. The van der Waals surface area contributed by atoms with Crippen molar-refractivity contribution < 1.29 is 37.2 Å². The summed E-state index contributed by atoms with van der Waals surface area (Å²) >= 11 is 11.9. The predicted molar refractivity (Wildman–Crippen MR) is 149 cm³/mol. The number of nitrogens with zero attached hydrogens (tertiary/aromatic N) is 2. The fourth-order valence-corrected chi connectivity index (χ4v) is 3.63. The number of aromatic nitrogens is 2. The minimum Gasteiger partial charge on any atom is -0.489 e. The average molecular weight is 605 g/mol. The Morgan fingerprint density at radius 2 is 1.27 bits per heavy atom. The molecule has 40 heavy (non-hydrogen) atoms. The van der Waals surface area contributed by atoms with Crippen molar-refractivity contribution in [3.8, 4) is 5.75 Å². The van der Waals surface area contributed by atoms with Gasteiger partial charge in [-0.15, -0.1) is 0 Å². The number of nitrogens with two attached hydrogens (primary N) is 1. The van der Waals surface area contributed by atoms with Gasteiger partial charge in [-0.3, -0.25) is 0 Å². The Morgan fingerprint density at radius 1 is 0.725 bits per heavy atom. The van der Waals surface area contributed by atoms with Gasteiger partial charge < -0.3 is 39.5 Å². The Hall–Kier alpha value is -2.58. The molecule has 0 radical (unpaired) electrons. The van der Waals surface area contributed by atoms with E-state index < -0.39 is 12.5 Å². The second kappa shape index (κ2) is 18.0. The van der Waals surface area contributed by atoms with E-state index in [4.69, 9.17) is 57.4 Å². The number of rotatable bonds is 20. The van der Waals surface area contributed by atoms with Gasteiger partial charge in [0.25, 0.3) is 0 Å². The summed E-state index contributed by atoms with van der Waals surface area (Å²) in [6.45, 7) is 3.53. The van der Waals surface area contributed by atoms with Crippen molar-refractivity contribution in [2.24, 2.45) is 0 Å². The Kier molecular flexibility index (Phi) is 14.4. The third-order valence-corrected chi connectivity index (χ3v) is 5.95. The van der Waals surface area contributed by atoms with Crippen LogP contribution in [0.15, 0.2) is 30.6 Å². The molecule has 0 saturated carbocycles. The molecule has 0 bridgehead atoms. The first kappa shape index (κ1) is 31.9. The second-order valence-corrected chi connectivity index (χ2v) is 8.91. The molecule has 3 N–H and O–H groups in total. The van der Waals surface area contributed by atoms with Gasteiger partial charge in [0.2, 0.25) is 0 Å². The van der Waals surface area contributed by atoms with E-state index in [1.165, 1.54) is 12.4 Å². The maximum absolute atomic E-state index is 14.3. The topological polar surface area (TPSA) is 119 Å². The van der Waals surface area contributed by atoms with Crippen LogP contribution in [-0.2, 0) is 23.7 Å². The first-order valence-electron chi connectivity index (χ1n) is 12.5. The SMILES string of the molecule is Nc1cc2c(Nc3cc(Cl)c(Cl)cc3F)ncnc2cc1OCCOCCOCCOCCOCCOCCF. The molecule has 0 atom stereocenters. The summed E-state index contributed by atoms with van der Waals surface area (Å²) in [7, 11) is 0. The van der Waals surface area contributed by atoms with E-state index in [1.54, 1.807) is 12.1 Å². The van der Waals surface area contributed by atoms with E-state index in [0.29, 0.717) is 87.6 Å². The smallest absolute Gasteiger partial charge is 0.148 e. The van der Waals surface area contributed by atoms with Crippen LogP contribution in [-0.4, -0.2) is 89.3 Å². The van der Waals surface area contributed by atoms with E-state index in [1.807, 2.05) is 0 Å². The molecular formula is C26H32Cl2F2N4O6. The van der Waals surface area contributed by atoms with Crippen molar-refractivity contribution in [3.63, 3.8) is 0 Å². The quantitative estimate of drug-likeness (QED) is 0.105. The molecule has 0 unspecified atom stereocenters. The minimum absolute atomic E-state index is 0.0936. The number of nitrogen functional groups attached to an aromatic ring is 1. The third-order valence-electron chi connectivity index (χ3n) is 5.22. The van der Waals surface area contributed by atoms with Crippen molar-refractivity contribution >= 4 is 51.3 Å². The zero-order chi connectivity index (χ0) is 28.6. The highest BCUT2D eigenvalue weighted by Crippen LogP contribution is 2.34. The van der Waals surface area contributed by atoms with Crippen molar-refractivity contribution in [1.82, 2.24) is 9.97 Å². The Bertz CT molecular complexity index is 1200. The number of fused-ring (bicyclic) bond motifs is 1. The lowest BCUT2D eigenvalue weighted by Crippen LogP contribution is -2.14. The van der Waals surface area contributed by atoms with Crippen LogP contribution in [0.5, 0.6) is 5.75 Å². The number of benzene rings is 2. The highest BCUT2D eigenvalue weighted by atomic mass is 35.5. The Morgan fingerprint density at radius 3 is 1.88 bits per heavy atom. The number of anilines is 3. The molecule has 10 nitrogen and oxygen atoms in total. The van der Waals surface area contributed by atoms with Gasteiger partial charge in [-0.1, -0.05) is 23.2 Å². The molecule has 0 fully saturated rings. The van der Waals surface area contributed by atoms with Crippen molar-refractivity contribution in [1.29, 1.82) is 0 Å². The fourth-order valence-electron chi connectivity index (χ4n) is 3.32. The molecule has 3 rings (SSSR count). The molecule has 1 heterocycles. The number of alkyl halides is 1. The highest BCUT2D eigenvalue weighted by molar-refractivity contribution is 6.42. The van der Waals surface area contributed by atoms with Gasteiger partial charge >= 0.3 is 0 Å². The Balaban J connectivity index is 1.31. The molecule has 3 aromatic rings. The lowest BCUT2D eigenvalue weighted by Gasteiger charge is -2.13. The second-order valence-electron chi connectivity index (χ2n) is 8.10. The number of nitrogens with one attached hydrogen (secondary N) is 1. The molecule has 0 aliphatic rings. The largest absolute Gasteiger partial charge is 0.489 e. The van der Waals surface area contributed by atoms with Gasteiger partial charge in [-0.05, 0) is 18.2 Å². The van der Waals surface area contributed by atoms with Gasteiger partial charge in [-0.25, -0.2) is 18.7 Å². The van der Waals surface area contributed by atoms with Gasteiger partial charge in [0.1, 0.15) is 37.0 Å². The molecule has 1 aromatic heterocycles. The maximum Gasteiger partial charge on any atom is 0.148 e. The summed E-state index contributed by atoms with van der Waals surface area (Å²) in [6.07, 6.45) is 1.34. The Labute approximate surface area is 240 Å². The van der Waals surface area contributed by atoms with Crippen molar-refractivity contribution in [2.45, 2.75) is 0 Å². The molecule has 0 saturated heterocycles. The standard InChI is InChI=1S/C26H32Cl2F2N4O6/c27-19-14-21(30)24(15-20(19)28)34-26-18-13-22(31)25(16-23(18)32-17-33-26)40-12-11-39-10-9-38-8-7-37-6-5-36-4-3-35-2-1-29/h13-17H,1-12,31H2,(H,32,33,34). The first-order valence-corrected chi connectivity index (χ1v) is 13.3. The van der Waals surface area contributed by atoms with E-state index in [9.17, 15) is 8.78 Å². The predicted octanol–water partition coefficient (Wildman–Crippen LogP) is 4.83. The van der Waals surface area contributed by atoms with Crippen LogP contribution >= 0.6 is 23.2 Å². The molecule has 0 spiro atoms. The van der Waals surface area contributed by atoms with Crippen LogP contribution in [0.25, 0.3) is 10.9 Å². The number of halogens is 4. The molecule has 0 aliphatic carbocycles. The summed E-state index contributed by atoms with van der Waals surface area (Å²) in [5.41, 5.74) is 7.20. The molecular weight excluding hydrogens is 573 g/mol. The van der Waals surface area contributed by atoms with Crippen LogP contribution in [0, 0.1) is 5.82 Å². The highest BCUT2D eigenvalue weighted by Gasteiger charge is 2.13. The van der Waals surface area contributed by atoms with Crippen LogP contribution in [0.3, 0.4) is 0 Å². The van der Waals surface area contributed by atoms with Crippen molar-refractivity contribution in [2.75, 3.05) is 90.4 Å². The molecule has 0 aliphatic heterocycles. The monoisotopic (exact) mass is 604 g/mol. The third kappa shape index (κ3) is 10.8. The van der Waals surface area contributed by atoms with Gasteiger partial charge in [0, 0.05) is 11.5 Å². The van der Waals surface area contributed by atoms with E-state index >= 15 is 0 Å². The molecule has 220 valence electrons. The van der Waals surface area contributed by atoms with Crippen LogP contribution in [0.1, 0.15) is 0 Å². The van der Waals surface area contributed by atoms with E-state index in [-0.39, 0.29) is 28.9 Å². The molecule has 0 amide bonds. The summed E-state index contributed by atoms with van der Waals surface area (Å²) in [5, 5.41) is 3.79. The first-order chi connectivity index (χ1) is 19.5. The summed E-state index contributed by atoms with van der Waals surface area (Å²) in [5.74, 6) is 0.203. The summed E-state index contributed by atoms with van der Waals surface area (Å²) in [4.78, 5) is 8.45. The van der Waals surface area contributed by atoms with Gasteiger partial charge in [0.05, 0.1) is 93.0 Å². The zero-order valence-corrected chi connectivity index (χ0v) is 23.3. The number of hydrogen-bond donors (Lipinski definition) is 2. The lowest BCUT2D eigenvalue weighted by atomic mass is 10.2. The number of ether oxygens (including phenoxy) is 6. The van der Waals surface area contributed by atoms with Crippen LogP contribution in [0.4, 0.5) is 26.0 Å². The van der Waals surface area contributed by atoms with E-state index in [0.717, 1.165) is 6.07 Å². The maximum atomic E-state index is 14.3. The number of hydrogen-bond acceptors (Lipinski definition) is 10. The lowest BCUT2D eigenvalue weighted by molar-refractivity contribution is -0.0132. The van der Waals surface area contributed by atoms with Crippen LogP contribution < -0.4 is 15.8 Å². The van der Waals surface area contributed by atoms with Crippen molar-refractivity contribution in [3.05, 3.63) is 46.5 Å².